The fourth-order valence-corrected chi connectivity index (χ4v) is 7.19. The molecule has 4 atom stereocenters. The third-order valence-corrected chi connectivity index (χ3v) is 10.2. The van der Waals surface area contributed by atoms with Crippen molar-refractivity contribution in [1.82, 2.24) is 30.8 Å². The number of imidazole rings is 1. The van der Waals surface area contributed by atoms with Crippen LogP contribution in [0.5, 0.6) is 0 Å². The number of nitrogens with zero attached hydrogens (tertiary/aromatic N) is 2. The molecule has 1 aromatic heterocycles. The monoisotopic (exact) mass is 685 g/mol. The van der Waals surface area contributed by atoms with Gasteiger partial charge in [0.25, 0.3) is 0 Å². The molecule has 2 aromatic rings. The molecule has 4 rings (SSSR count). The SMILES string of the molecule is COC(=O)CSC[C@@H](O)[C@H](CC1CCCCC1)NC(=O)[C@H](Cc1c[nH]cn1)NC(=O)[C@H](Cc1ccccc1)NC(=O)N1CCC(N)CC1. The number of rotatable bonds is 16. The topological polar surface area (TPSA) is 192 Å². The van der Waals surface area contributed by atoms with Gasteiger partial charge < -0.3 is 41.4 Å². The van der Waals surface area contributed by atoms with E-state index < -0.39 is 36.0 Å². The van der Waals surface area contributed by atoms with E-state index >= 15 is 0 Å². The average Bonchev–Trinajstić information content (AvgIpc) is 3.61. The summed E-state index contributed by atoms with van der Waals surface area (Å²) in [7, 11) is 1.32. The number of hydrogen-bond donors (Lipinski definition) is 6. The third kappa shape index (κ3) is 12.1. The minimum Gasteiger partial charge on any atom is -0.468 e. The molecule has 2 heterocycles. The van der Waals surface area contributed by atoms with E-state index in [2.05, 4.69) is 25.9 Å². The molecule has 1 saturated carbocycles. The number of nitrogens with one attached hydrogen (secondary N) is 4. The molecule has 48 heavy (non-hydrogen) atoms. The molecule has 1 aromatic carbocycles. The Balaban J connectivity index is 1.50. The molecule has 14 heteroatoms. The summed E-state index contributed by atoms with van der Waals surface area (Å²) in [6.07, 6.45) is 9.95. The second kappa shape index (κ2) is 19.4. The van der Waals surface area contributed by atoms with E-state index in [0.29, 0.717) is 44.0 Å². The standard InChI is InChI=1S/C34H51N7O6S/c1-47-31(43)21-48-20-30(42)27(16-23-8-4-2-5-9-23)38-33(45)29(18-26-19-36-22-37-26)39-32(44)28(17-24-10-6-3-7-11-24)40-34(46)41-14-12-25(35)13-15-41/h3,6-7,10-11,19,22-23,25,27-30,42H,2,4-5,8-9,12-18,20-21,35H2,1H3,(H,36,37)(H,38,45)(H,39,44)(H,40,46)/t27-,28-,29-,30+/m0/s1. The first-order valence-electron chi connectivity index (χ1n) is 17.0. The molecule has 0 spiro atoms. The Morgan fingerprint density at radius 3 is 2.35 bits per heavy atom. The maximum absolute atomic E-state index is 14.0. The van der Waals surface area contributed by atoms with Gasteiger partial charge in [-0.05, 0) is 30.7 Å². The van der Waals surface area contributed by atoms with Crippen molar-refractivity contribution < 1.29 is 29.0 Å². The molecule has 2 aliphatic rings. The molecule has 4 amide bonds. The fourth-order valence-electron chi connectivity index (χ4n) is 6.31. The van der Waals surface area contributed by atoms with Gasteiger partial charge in [-0.25, -0.2) is 9.78 Å². The van der Waals surface area contributed by atoms with Crippen molar-refractivity contribution >= 4 is 35.6 Å². The summed E-state index contributed by atoms with van der Waals surface area (Å²) in [6, 6.07) is 6.50. The van der Waals surface area contributed by atoms with Gasteiger partial charge in [0.15, 0.2) is 0 Å². The Morgan fingerprint density at radius 1 is 1.00 bits per heavy atom. The number of benzene rings is 1. The molecule has 0 radical (unpaired) electrons. The van der Waals surface area contributed by atoms with Crippen LogP contribution in [0.4, 0.5) is 4.79 Å². The fraction of sp³-hybridized carbons (Fsp3) is 0.618. The lowest BCUT2D eigenvalue weighted by molar-refractivity contribution is -0.137. The molecular formula is C34H51N7O6S. The number of ether oxygens (including phenoxy) is 1. The van der Waals surface area contributed by atoms with Gasteiger partial charge in [0, 0.05) is 43.9 Å². The highest BCUT2D eigenvalue weighted by atomic mass is 32.2. The lowest BCUT2D eigenvalue weighted by atomic mass is 9.83. The van der Waals surface area contributed by atoms with Crippen LogP contribution in [0.2, 0.25) is 0 Å². The number of hydrogen-bond acceptors (Lipinski definition) is 9. The van der Waals surface area contributed by atoms with Gasteiger partial charge in [-0.3, -0.25) is 14.4 Å². The number of thioether (sulfide) groups is 1. The van der Waals surface area contributed by atoms with Crippen LogP contribution in [0.3, 0.4) is 0 Å². The molecule has 2 fully saturated rings. The third-order valence-electron chi connectivity index (χ3n) is 9.17. The molecule has 0 bridgehead atoms. The second-order valence-electron chi connectivity index (χ2n) is 12.9. The number of H-pyrrole nitrogens is 1. The highest BCUT2D eigenvalue weighted by Gasteiger charge is 2.33. The number of likely N-dealkylation sites (tertiary alicyclic amines) is 1. The normalized spacial score (nSPS) is 18.3. The Kier molecular flexibility index (Phi) is 15.0. The van der Waals surface area contributed by atoms with Crippen LogP contribution < -0.4 is 21.7 Å². The number of methoxy groups -OCH3 is 1. The number of piperidine rings is 1. The number of aromatic nitrogens is 2. The van der Waals surface area contributed by atoms with Crippen LogP contribution in [-0.2, 0) is 32.0 Å². The number of carbonyl (C=O) groups excluding carboxylic acids is 4. The van der Waals surface area contributed by atoms with Crippen molar-refractivity contribution in [1.29, 1.82) is 0 Å². The number of urea groups is 1. The Bertz CT molecular complexity index is 1290. The lowest BCUT2D eigenvalue weighted by Gasteiger charge is -2.32. The lowest BCUT2D eigenvalue weighted by Crippen LogP contribution is -2.59. The van der Waals surface area contributed by atoms with Gasteiger partial charge in [-0.1, -0.05) is 62.4 Å². The van der Waals surface area contributed by atoms with Crippen LogP contribution in [0.1, 0.15) is 62.6 Å². The first kappa shape index (κ1) is 37.2. The number of aliphatic hydroxyl groups is 1. The van der Waals surface area contributed by atoms with E-state index in [1.165, 1.54) is 31.6 Å². The number of amides is 4. The number of aliphatic hydroxyl groups excluding tert-OH is 1. The second-order valence-corrected chi connectivity index (χ2v) is 13.9. The quantitative estimate of drug-likeness (QED) is 0.143. The predicted molar refractivity (Wildman–Crippen MR) is 184 cm³/mol. The largest absolute Gasteiger partial charge is 0.468 e. The molecule has 264 valence electrons. The maximum atomic E-state index is 14.0. The smallest absolute Gasteiger partial charge is 0.318 e. The highest BCUT2D eigenvalue weighted by Crippen LogP contribution is 2.28. The van der Waals surface area contributed by atoms with E-state index in [1.54, 1.807) is 11.1 Å². The van der Waals surface area contributed by atoms with Gasteiger partial charge >= 0.3 is 12.0 Å². The molecule has 1 aliphatic carbocycles. The van der Waals surface area contributed by atoms with E-state index in [4.69, 9.17) is 10.5 Å². The molecule has 0 unspecified atom stereocenters. The average molecular weight is 686 g/mol. The van der Waals surface area contributed by atoms with E-state index in [-0.39, 0.29) is 42.4 Å². The van der Waals surface area contributed by atoms with E-state index in [9.17, 15) is 24.3 Å². The van der Waals surface area contributed by atoms with E-state index in [0.717, 1.165) is 31.2 Å². The van der Waals surface area contributed by atoms with Crippen LogP contribution in [0, 0.1) is 5.92 Å². The van der Waals surface area contributed by atoms with Crippen molar-refractivity contribution in [2.24, 2.45) is 11.7 Å². The first-order chi connectivity index (χ1) is 23.2. The molecule has 1 aliphatic heterocycles. The summed E-state index contributed by atoms with van der Waals surface area (Å²) < 4.78 is 4.72. The van der Waals surface area contributed by atoms with Crippen molar-refractivity contribution in [3.63, 3.8) is 0 Å². The predicted octanol–water partition coefficient (Wildman–Crippen LogP) is 1.90. The van der Waals surface area contributed by atoms with Gasteiger partial charge in [0.05, 0.1) is 37.0 Å². The zero-order valence-electron chi connectivity index (χ0n) is 27.8. The minimum absolute atomic E-state index is 0.0469. The summed E-state index contributed by atoms with van der Waals surface area (Å²) >= 11 is 1.25. The van der Waals surface area contributed by atoms with Crippen LogP contribution in [0.25, 0.3) is 0 Å². The summed E-state index contributed by atoms with van der Waals surface area (Å²) in [5.41, 5.74) is 7.46. The van der Waals surface area contributed by atoms with Gasteiger partial charge in [0.2, 0.25) is 11.8 Å². The van der Waals surface area contributed by atoms with Crippen molar-refractivity contribution in [3.05, 3.63) is 54.1 Å². The minimum atomic E-state index is -1.03. The van der Waals surface area contributed by atoms with Gasteiger partial charge in [-0.2, -0.15) is 0 Å². The number of nitrogens with two attached hydrogens (primary N) is 1. The summed E-state index contributed by atoms with van der Waals surface area (Å²) in [6.45, 7) is 0.999. The van der Waals surface area contributed by atoms with Crippen LogP contribution in [0.15, 0.2) is 42.9 Å². The molecular weight excluding hydrogens is 634 g/mol. The van der Waals surface area contributed by atoms with Crippen molar-refractivity contribution in [3.8, 4) is 0 Å². The van der Waals surface area contributed by atoms with E-state index in [1.807, 2.05) is 30.3 Å². The van der Waals surface area contributed by atoms with Crippen molar-refractivity contribution in [2.75, 3.05) is 31.7 Å². The molecule has 13 nitrogen and oxygen atoms in total. The number of carbonyl (C=O) groups is 4. The number of aromatic amines is 1. The Hall–Kier alpha value is -3.62. The van der Waals surface area contributed by atoms with Gasteiger partial charge in [-0.15, -0.1) is 11.8 Å². The summed E-state index contributed by atoms with van der Waals surface area (Å²) in [4.78, 5) is 61.8. The van der Waals surface area contributed by atoms with Gasteiger partial charge in [0.1, 0.15) is 12.1 Å². The highest BCUT2D eigenvalue weighted by molar-refractivity contribution is 7.99. The zero-order valence-corrected chi connectivity index (χ0v) is 28.6. The molecule has 7 N–H and O–H groups in total. The maximum Gasteiger partial charge on any atom is 0.318 e. The Morgan fingerprint density at radius 2 is 1.69 bits per heavy atom. The summed E-state index contributed by atoms with van der Waals surface area (Å²) in [5.74, 6) is -0.681. The zero-order chi connectivity index (χ0) is 34.3. The van der Waals surface area contributed by atoms with Crippen LogP contribution in [-0.4, -0.2) is 106 Å². The van der Waals surface area contributed by atoms with Crippen LogP contribution >= 0.6 is 11.8 Å². The summed E-state index contributed by atoms with van der Waals surface area (Å²) in [5, 5.41) is 20.1. The Labute approximate surface area is 286 Å². The number of esters is 1. The first-order valence-corrected chi connectivity index (χ1v) is 18.1. The van der Waals surface area contributed by atoms with Crippen molar-refractivity contribution in [2.45, 2.75) is 94.5 Å². The molecule has 1 saturated heterocycles.